The van der Waals surface area contributed by atoms with Gasteiger partial charge in [0.2, 0.25) is 0 Å². The van der Waals surface area contributed by atoms with Crippen molar-refractivity contribution in [2.45, 2.75) is 62.4 Å². The highest BCUT2D eigenvalue weighted by Gasteiger charge is 2.43. The molecule has 24 heavy (non-hydrogen) atoms. The van der Waals surface area contributed by atoms with Crippen LogP contribution in [0.25, 0.3) is 0 Å². The average molecular weight is 349 g/mol. The molecule has 132 valence electrons. The molecule has 0 bridgehead atoms. The highest BCUT2D eigenvalue weighted by atomic mass is 32.2. The minimum atomic E-state index is -3.08. The van der Waals surface area contributed by atoms with Crippen LogP contribution in [0.1, 0.15) is 61.4 Å². The van der Waals surface area contributed by atoms with Crippen LogP contribution in [0.4, 0.5) is 0 Å². The molecule has 1 aromatic rings. The zero-order valence-corrected chi connectivity index (χ0v) is 15.2. The van der Waals surface area contributed by atoms with E-state index in [-0.39, 0.29) is 16.4 Å². The molecular formula is C19H27NO3S. The monoisotopic (exact) mass is 349 g/mol. The standard InChI is InChI=1S/C19H27NO3S/c1-2-6-15-9-11-16(12-10-15)19(21)20-13-18(14-20)24(22,23)17-7-4-3-5-8-17/h9-12,17-18H,2-8,13-14H2,1H3. The molecule has 0 N–H and O–H groups in total. The Morgan fingerprint density at radius 1 is 1.04 bits per heavy atom. The second kappa shape index (κ2) is 7.26. The number of amides is 1. The second-order valence-corrected chi connectivity index (χ2v) is 9.64. The molecule has 3 rings (SSSR count). The Morgan fingerprint density at radius 2 is 1.67 bits per heavy atom. The quantitative estimate of drug-likeness (QED) is 0.820. The van der Waals surface area contributed by atoms with Gasteiger partial charge in [-0.2, -0.15) is 0 Å². The molecule has 0 aromatic heterocycles. The summed E-state index contributed by atoms with van der Waals surface area (Å²) in [7, 11) is -3.08. The number of rotatable bonds is 5. The van der Waals surface area contributed by atoms with E-state index in [1.54, 1.807) is 4.90 Å². The van der Waals surface area contributed by atoms with Crippen molar-refractivity contribution in [2.24, 2.45) is 0 Å². The van der Waals surface area contributed by atoms with Crippen LogP contribution in [0.5, 0.6) is 0 Å². The fourth-order valence-corrected chi connectivity index (χ4v) is 6.07. The van der Waals surface area contributed by atoms with Gasteiger partial charge in [0.15, 0.2) is 9.84 Å². The predicted molar refractivity (Wildman–Crippen MR) is 95.9 cm³/mol. The van der Waals surface area contributed by atoms with Gasteiger partial charge in [0.25, 0.3) is 5.91 Å². The van der Waals surface area contributed by atoms with Crippen LogP contribution in [0.3, 0.4) is 0 Å². The van der Waals surface area contributed by atoms with Crippen LogP contribution in [0.2, 0.25) is 0 Å². The zero-order valence-electron chi connectivity index (χ0n) is 14.4. The maximum atomic E-state index is 12.7. The van der Waals surface area contributed by atoms with Crippen LogP contribution in [0, 0.1) is 0 Å². The normalized spacial score (nSPS) is 20.0. The van der Waals surface area contributed by atoms with E-state index in [0.717, 1.165) is 44.9 Å². The van der Waals surface area contributed by atoms with Gasteiger partial charge in [0, 0.05) is 18.7 Å². The summed E-state index contributed by atoms with van der Waals surface area (Å²) in [6.45, 7) is 2.84. The lowest BCUT2D eigenvalue weighted by Crippen LogP contribution is -2.58. The molecule has 1 aliphatic carbocycles. The van der Waals surface area contributed by atoms with Crippen LogP contribution in [-0.4, -0.2) is 42.8 Å². The van der Waals surface area contributed by atoms with E-state index < -0.39 is 9.84 Å². The van der Waals surface area contributed by atoms with Crippen molar-refractivity contribution in [1.29, 1.82) is 0 Å². The van der Waals surface area contributed by atoms with Crippen LogP contribution in [-0.2, 0) is 16.3 Å². The van der Waals surface area contributed by atoms with Crippen LogP contribution >= 0.6 is 0 Å². The SMILES string of the molecule is CCCc1ccc(C(=O)N2CC(S(=O)(=O)C3CCCCC3)C2)cc1. The van der Waals surface area contributed by atoms with Gasteiger partial charge in [-0.25, -0.2) is 8.42 Å². The van der Waals surface area contributed by atoms with Crippen molar-refractivity contribution in [1.82, 2.24) is 4.90 Å². The van der Waals surface area contributed by atoms with Gasteiger partial charge in [-0.3, -0.25) is 4.79 Å². The third-order valence-electron chi connectivity index (χ3n) is 5.36. The number of carbonyl (C=O) groups is 1. The molecule has 1 aromatic carbocycles. The van der Waals surface area contributed by atoms with Crippen molar-refractivity contribution in [2.75, 3.05) is 13.1 Å². The fourth-order valence-electron chi connectivity index (χ4n) is 3.76. The lowest BCUT2D eigenvalue weighted by atomic mass is 10.0. The Kier molecular flexibility index (Phi) is 5.28. The third kappa shape index (κ3) is 3.51. The van der Waals surface area contributed by atoms with Gasteiger partial charge < -0.3 is 4.90 Å². The molecule has 5 heteroatoms. The van der Waals surface area contributed by atoms with E-state index in [9.17, 15) is 13.2 Å². The number of aryl methyl sites for hydroxylation is 1. The summed E-state index contributed by atoms with van der Waals surface area (Å²) in [6.07, 6.45) is 6.87. The molecule has 0 unspecified atom stereocenters. The third-order valence-corrected chi connectivity index (χ3v) is 7.98. The first-order valence-corrected chi connectivity index (χ1v) is 10.7. The summed E-state index contributed by atoms with van der Waals surface area (Å²) < 4.78 is 25.3. The predicted octanol–water partition coefficient (Wildman–Crippen LogP) is 3.21. The molecule has 2 aliphatic rings. The summed E-state index contributed by atoms with van der Waals surface area (Å²) in [5.74, 6) is -0.0480. The number of benzene rings is 1. The minimum absolute atomic E-state index is 0.0480. The van der Waals surface area contributed by atoms with E-state index in [2.05, 4.69) is 6.92 Å². The van der Waals surface area contributed by atoms with Gasteiger partial charge in [0.05, 0.1) is 10.5 Å². The second-order valence-electron chi connectivity index (χ2n) is 7.13. The fraction of sp³-hybridized carbons (Fsp3) is 0.632. The van der Waals surface area contributed by atoms with E-state index in [0.29, 0.717) is 18.7 Å². The smallest absolute Gasteiger partial charge is 0.253 e. The molecule has 1 saturated heterocycles. The number of likely N-dealkylation sites (tertiary alicyclic amines) is 1. The van der Waals surface area contributed by atoms with Crippen molar-refractivity contribution in [3.63, 3.8) is 0 Å². The topological polar surface area (TPSA) is 54.5 Å². The molecule has 0 radical (unpaired) electrons. The van der Waals surface area contributed by atoms with E-state index >= 15 is 0 Å². The first-order chi connectivity index (χ1) is 11.5. The number of nitrogens with zero attached hydrogens (tertiary/aromatic N) is 1. The van der Waals surface area contributed by atoms with E-state index in [1.165, 1.54) is 5.56 Å². The number of carbonyl (C=O) groups excluding carboxylic acids is 1. The zero-order chi connectivity index (χ0) is 17.2. The summed E-state index contributed by atoms with van der Waals surface area (Å²) in [6, 6.07) is 7.70. The molecule has 0 atom stereocenters. The molecule has 2 fully saturated rings. The van der Waals surface area contributed by atoms with Crippen molar-refractivity contribution in [3.05, 3.63) is 35.4 Å². The Bertz CT molecular complexity index is 669. The Morgan fingerprint density at radius 3 is 2.25 bits per heavy atom. The summed E-state index contributed by atoms with van der Waals surface area (Å²) in [5.41, 5.74) is 1.89. The average Bonchev–Trinajstić information content (AvgIpc) is 2.55. The highest BCUT2D eigenvalue weighted by molar-refractivity contribution is 7.92. The maximum absolute atomic E-state index is 12.7. The number of sulfone groups is 1. The van der Waals surface area contributed by atoms with Crippen LogP contribution in [0.15, 0.2) is 24.3 Å². The first kappa shape index (κ1) is 17.5. The number of hydrogen-bond acceptors (Lipinski definition) is 3. The molecule has 1 amide bonds. The number of hydrogen-bond donors (Lipinski definition) is 0. The molecule has 0 spiro atoms. The lowest BCUT2D eigenvalue weighted by molar-refractivity contribution is 0.0658. The van der Waals surface area contributed by atoms with Gasteiger partial charge >= 0.3 is 0 Å². The van der Waals surface area contributed by atoms with E-state index in [1.807, 2.05) is 24.3 Å². The lowest BCUT2D eigenvalue weighted by Gasteiger charge is -2.40. The summed E-state index contributed by atoms with van der Waals surface area (Å²) in [5, 5.41) is -0.536. The highest BCUT2D eigenvalue weighted by Crippen LogP contribution is 2.30. The molecule has 4 nitrogen and oxygen atoms in total. The summed E-state index contributed by atoms with van der Waals surface area (Å²) >= 11 is 0. The largest absolute Gasteiger partial charge is 0.336 e. The minimum Gasteiger partial charge on any atom is -0.336 e. The van der Waals surface area contributed by atoms with Gasteiger partial charge in [-0.15, -0.1) is 0 Å². The first-order valence-electron chi connectivity index (χ1n) is 9.13. The van der Waals surface area contributed by atoms with Crippen LogP contribution < -0.4 is 0 Å². The van der Waals surface area contributed by atoms with E-state index in [4.69, 9.17) is 0 Å². The Hall–Kier alpha value is -1.36. The van der Waals surface area contributed by atoms with Crippen molar-refractivity contribution in [3.8, 4) is 0 Å². The maximum Gasteiger partial charge on any atom is 0.253 e. The Labute approximate surface area is 145 Å². The van der Waals surface area contributed by atoms with Gasteiger partial charge in [-0.1, -0.05) is 44.7 Å². The molecular weight excluding hydrogens is 322 g/mol. The summed E-state index contributed by atoms with van der Waals surface area (Å²) in [4.78, 5) is 14.1. The molecule has 1 heterocycles. The molecule has 1 aliphatic heterocycles. The van der Waals surface area contributed by atoms with Gasteiger partial charge in [-0.05, 0) is 37.0 Å². The van der Waals surface area contributed by atoms with Gasteiger partial charge in [0.1, 0.15) is 0 Å². The van der Waals surface area contributed by atoms with Crippen molar-refractivity contribution >= 4 is 15.7 Å². The Balaban J connectivity index is 1.58. The van der Waals surface area contributed by atoms with Crippen molar-refractivity contribution < 1.29 is 13.2 Å². The molecule has 1 saturated carbocycles.